The van der Waals surface area contributed by atoms with Gasteiger partial charge in [0.05, 0.1) is 22.6 Å². The summed E-state index contributed by atoms with van der Waals surface area (Å²) in [5.41, 5.74) is 5.29. The van der Waals surface area contributed by atoms with E-state index in [0.29, 0.717) is 45.8 Å². The average molecular weight is 1130 g/mol. The smallest absolute Gasteiger partial charge is 0.271 e. The molecule has 0 N–H and O–H groups in total. The Kier molecular flexibility index (Phi) is 22.3. The van der Waals surface area contributed by atoms with Crippen LogP contribution in [-0.2, 0) is 0 Å². The van der Waals surface area contributed by atoms with Crippen LogP contribution in [0.4, 0.5) is 0 Å². The van der Waals surface area contributed by atoms with Crippen molar-refractivity contribution in [2.45, 2.75) is 244 Å². The van der Waals surface area contributed by atoms with Crippen molar-refractivity contribution in [1.29, 1.82) is 0 Å². The number of amides is 4. The van der Waals surface area contributed by atoms with Crippen LogP contribution >= 0.6 is 46.2 Å². The Bertz CT molecular complexity index is 2750. The lowest BCUT2D eigenvalue weighted by Gasteiger charge is -2.23. The van der Waals surface area contributed by atoms with Crippen LogP contribution in [0.3, 0.4) is 0 Å². The van der Waals surface area contributed by atoms with Gasteiger partial charge in [-0.2, -0.15) is 0 Å². The van der Waals surface area contributed by atoms with Crippen molar-refractivity contribution in [3.8, 4) is 0 Å². The quantitative estimate of drug-likeness (QED) is 0.0419. The fourth-order valence-electron chi connectivity index (χ4n) is 12.7. The summed E-state index contributed by atoms with van der Waals surface area (Å²) >= 11 is 6.33. The number of carbonyl (C=O) groups is 4. The lowest BCUT2D eigenvalue weighted by Crippen LogP contribution is -2.34. The fourth-order valence-corrected chi connectivity index (χ4v) is 17.4. The lowest BCUT2D eigenvalue weighted by atomic mass is 9.93. The number of thiophene rings is 2. The number of allylic oxidation sites excluding steroid dienone is 1. The first-order valence-electron chi connectivity index (χ1n) is 31.3. The van der Waals surface area contributed by atoms with E-state index < -0.39 is 0 Å². The van der Waals surface area contributed by atoms with Gasteiger partial charge in [0.1, 0.15) is 20.5 Å². The number of carbonyl (C=O) groups excluding carboxylic acids is 4. The lowest BCUT2D eigenvalue weighted by molar-refractivity contribution is 0.0608. The highest BCUT2D eigenvalue weighted by molar-refractivity contribution is 8.10. The average Bonchev–Trinajstić information content (AvgIpc) is 4.53. The molecule has 0 bridgehead atoms. The summed E-state index contributed by atoms with van der Waals surface area (Å²) in [6, 6.07) is 8.44. The Labute approximate surface area is 484 Å². The van der Waals surface area contributed by atoms with Gasteiger partial charge in [-0.15, -0.1) is 22.7 Å². The number of imide groups is 2. The molecule has 9 rings (SSSR count). The van der Waals surface area contributed by atoms with Crippen molar-refractivity contribution in [2.24, 2.45) is 21.8 Å². The minimum absolute atomic E-state index is 0.122. The van der Waals surface area contributed by atoms with E-state index in [2.05, 4.69) is 52.0 Å². The van der Waals surface area contributed by atoms with Gasteiger partial charge in [-0.25, -0.2) is 0 Å². The highest BCUT2D eigenvalue weighted by Crippen LogP contribution is 2.52. The van der Waals surface area contributed by atoms with Gasteiger partial charge in [0, 0.05) is 38.2 Å². The third-order valence-electron chi connectivity index (χ3n) is 17.3. The zero-order valence-electron chi connectivity index (χ0n) is 47.9. The van der Waals surface area contributed by atoms with Crippen LogP contribution in [0.15, 0.2) is 39.2 Å². The number of benzene rings is 1. The summed E-state index contributed by atoms with van der Waals surface area (Å²) in [6.45, 7) is 10.1. The molecule has 3 aromatic rings. The van der Waals surface area contributed by atoms with Gasteiger partial charge in [0.2, 0.25) is 0 Å². The molecule has 8 nitrogen and oxygen atoms in total. The minimum atomic E-state index is -0.208. The molecule has 12 heteroatoms. The van der Waals surface area contributed by atoms with Crippen molar-refractivity contribution < 1.29 is 19.2 Å². The first-order chi connectivity index (χ1) is 38.2. The van der Waals surface area contributed by atoms with Crippen LogP contribution < -0.4 is 10.4 Å². The Balaban J connectivity index is 0.811. The summed E-state index contributed by atoms with van der Waals surface area (Å²) in [5, 5.41) is 1.88. The molecule has 0 radical (unpaired) electrons. The Morgan fingerprint density at radius 2 is 0.859 bits per heavy atom. The minimum Gasteiger partial charge on any atom is -0.273 e. The molecule has 6 aliphatic rings. The summed E-state index contributed by atoms with van der Waals surface area (Å²) in [6.07, 6.45) is 44.3. The molecule has 0 saturated heterocycles. The molecule has 6 heterocycles. The summed E-state index contributed by atoms with van der Waals surface area (Å²) < 4.78 is 0. The molecular weight excluding hydrogens is 1040 g/mol. The first-order valence-corrected chi connectivity index (χ1v) is 34.7. The molecule has 0 saturated carbocycles. The number of hydrogen-bond donors (Lipinski definition) is 0. The number of fused-ring (bicyclic) bond motifs is 7. The summed E-state index contributed by atoms with van der Waals surface area (Å²) in [4.78, 5) is 75.1. The largest absolute Gasteiger partial charge is 0.273 e. The zero-order chi connectivity index (χ0) is 54.4. The van der Waals surface area contributed by atoms with Crippen LogP contribution in [0.25, 0.3) is 17.1 Å². The van der Waals surface area contributed by atoms with Gasteiger partial charge >= 0.3 is 0 Å². The van der Waals surface area contributed by atoms with E-state index >= 15 is 0 Å². The number of aliphatic imine (C=N–C) groups is 2. The topological polar surface area (TPSA) is 99.5 Å². The fraction of sp³-hybridized carbons (Fsp3) is 0.636. The van der Waals surface area contributed by atoms with E-state index in [4.69, 9.17) is 9.98 Å². The van der Waals surface area contributed by atoms with Gasteiger partial charge in [0.15, 0.2) is 0 Å². The normalized spacial score (nSPS) is 18.6. The van der Waals surface area contributed by atoms with Crippen molar-refractivity contribution in [3.05, 3.63) is 81.4 Å². The molecular formula is C66H90N4O4S4. The van der Waals surface area contributed by atoms with Gasteiger partial charge in [0.25, 0.3) is 23.6 Å². The van der Waals surface area contributed by atoms with Crippen LogP contribution in [0.5, 0.6) is 0 Å². The van der Waals surface area contributed by atoms with Gasteiger partial charge in [-0.1, -0.05) is 231 Å². The molecule has 0 fully saturated rings. The molecule has 1 aromatic carbocycles. The van der Waals surface area contributed by atoms with Crippen LogP contribution in [0, 0.1) is 11.8 Å². The third kappa shape index (κ3) is 14.4. The van der Waals surface area contributed by atoms with E-state index in [9.17, 15) is 19.2 Å². The molecule has 2 aliphatic carbocycles. The van der Waals surface area contributed by atoms with Crippen LogP contribution in [0.2, 0.25) is 0 Å². The summed E-state index contributed by atoms with van der Waals surface area (Å²) in [7, 11) is 0. The summed E-state index contributed by atoms with van der Waals surface area (Å²) in [5.74, 6) is 0.196. The van der Waals surface area contributed by atoms with Crippen molar-refractivity contribution in [1.82, 2.24) is 9.80 Å². The maximum atomic E-state index is 14.0. The van der Waals surface area contributed by atoms with E-state index in [1.54, 1.807) is 33.3 Å². The van der Waals surface area contributed by atoms with Crippen molar-refractivity contribution >= 4 is 98.3 Å². The number of hydrogen-bond acceptors (Lipinski definition) is 10. The van der Waals surface area contributed by atoms with Gasteiger partial charge in [-0.3, -0.25) is 39.0 Å². The van der Waals surface area contributed by atoms with Crippen LogP contribution in [-0.4, -0.2) is 57.9 Å². The Hall–Kier alpha value is -3.58. The van der Waals surface area contributed by atoms with E-state index in [0.717, 1.165) is 78.2 Å². The second kappa shape index (κ2) is 29.4. The molecule has 422 valence electrons. The Morgan fingerprint density at radius 1 is 0.449 bits per heavy atom. The third-order valence-corrected chi connectivity index (χ3v) is 22.3. The number of thioether (sulfide) groups is 2. The first kappa shape index (κ1) is 59.1. The molecule has 78 heavy (non-hydrogen) atoms. The van der Waals surface area contributed by atoms with E-state index in [-0.39, 0.29) is 34.4 Å². The van der Waals surface area contributed by atoms with E-state index in [1.807, 2.05) is 12.1 Å². The van der Waals surface area contributed by atoms with Gasteiger partial charge in [-0.05, 0) is 89.9 Å². The number of rotatable bonds is 38. The maximum Gasteiger partial charge on any atom is 0.271 e. The maximum absolute atomic E-state index is 14.0. The second-order valence-corrected chi connectivity index (χ2v) is 27.9. The highest BCUT2D eigenvalue weighted by atomic mass is 32.2. The SMILES string of the molecule is CCCCCCCCCCC(CCCCCCCC)CN1C(=O)c2cc(C3N=C4C(=Cc5cc6c(cc54)=C4SC(c5cc7c(s5)C(=O)N(CC(CCCCCCCC)CCCCCCCCCC)C7=O)N=C4C=6)S3)sc2C1=O. The predicted octanol–water partition coefficient (Wildman–Crippen LogP) is 18.2. The number of unbranched alkanes of at least 4 members (excludes halogenated alkanes) is 24. The molecule has 4 unspecified atom stereocenters. The highest BCUT2D eigenvalue weighted by Gasteiger charge is 2.43. The van der Waals surface area contributed by atoms with Crippen LogP contribution in [0.1, 0.15) is 305 Å². The zero-order valence-corrected chi connectivity index (χ0v) is 51.1. The van der Waals surface area contributed by atoms with Crippen molar-refractivity contribution in [2.75, 3.05) is 13.1 Å². The monoisotopic (exact) mass is 1130 g/mol. The molecule has 4 atom stereocenters. The predicted molar refractivity (Wildman–Crippen MR) is 333 cm³/mol. The second-order valence-electron chi connectivity index (χ2n) is 23.5. The molecule has 4 aliphatic heterocycles. The van der Waals surface area contributed by atoms with Gasteiger partial charge < -0.3 is 0 Å². The van der Waals surface area contributed by atoms with Crippen molar-refractivity contribution in [3.63, 3.8) is 0 Å². The Morgan fingerprint density at radius 3 is 1.28 bits per heavy atom. The standard InChI is InChI=1S/C66H90N4O4S4/c1-5-9-13-17-21-23-27-31-35-45(33-29-25-19-15-11-7-3)43-69-63(71)51-41-55(75-59(51)65(69)73)61-67-53-38-47-37-48-39-54-57(49(48)40-50(47)58(53)78-61)68-62(77-54)56-42-52-60(76-56)66(74)70(64(52)72)44-46(34-30-26-20-16-12-8-4)36-32-28-24-22-18-14-10-6-2/h37-42,45-46,61-62H,5-36,43-44H2,1-4H3. The molecule has 0 spiro atoms. The molecule has 4 amide bonds. The molecule has 2 aromatic heterocycles. The number of nitrogens with zero attached hydrogens (tertiary/aromatic N) is 4. The van der Waals surface area contributed by atoms with E-state index in [1.165, 1.54) is 202 Å².